The number of fused-ring (bicyclic) bond motifs is 1. The summed E-state index contributed by atoms with van der Waals surface area (Å²) in [6.45, 7) is 2.51. The van der Waals surface area contributed by atoms with E-state index in [9.17, 15) is 13.5 Å². The average molecular weight is 609 g/mol. The lowest BCUT2D eigenvalue weighted by Crippen LogP contribution is -2.53. The van der Waals surface area contributed by atoms with E-state index < -0.39 is 16.1 Å². The number of rotatable bonds is 8. The van der Waals surface area contributed by atoms with Crippen molar-refractivity contribution in [3.63, 3.8) is 0 Å². The van der Waals surface area contributed by atoms with E-state index in [1.807, 2.05) is 9.80 Å². The van der Waals surface area contributed by atoms with E-state index in [0.29, 0.717) is 68.8 Å². The van der Waals surface area contributed by atoms with E-state index in [1.54, 1.807) is 36.5 Å². The maximum absolute atomic E-state index is 13.1. The second-order valence-electron chi connectivity index (χ2n) is 11.1. The van der Waals surface area contributed by atoms with Gasteiger partial charge in [0.2, 0.25) is 17.8 Å². The summed E-state index contributed by atoms with van der Waals surface area (Å²) in [4.78, 5) is 18.1. The summed E-state index contributed by atoms with van der Waals surface area (Å²) in [6, 6.07) is 11.2. The van der Waals surface area contributed by atoms with Crippen LogP contribution in [0.1, 0.15) is 12.8 Å². The molecule has 0 aliphatic carbocycles. The van der Waals surface area contributed by atoms with Gasteiger partial charge in [-0.05, 0) is 61.9 Å². The highest BCUT2D eigenvalue weighted by atomic mass is 32.2. The molecule has 0 bridgehead atoms. The lowest BCUT2D eigenvalue weighted by molar-refractivity contribution is 0.0917. The van der Waals surface area contributed by atoms with Gasteiger partial charge in [-0.15, -0.1) is 0 Å². The summed E-state index contributed by atoms with van der Waals surface area (Å²) in [7, 11) is -3.84. The first kappa shape index (κ1) is 29.0. The molecule has 2 saturated heterocycles. The third kappa shape index (κ3) is 6.47. The van der Waals surface area contributed by atoms with Gasteiger partial charge in [-0.25, -0.2) is 8.42 Å². The van der Waals surface area contributed by atoms with Gasteiger partial charge in [0.15, 0.2) is 0 Å². The molecular formula is C27H36N12O3S. The average Bonchev–Trinajstić information content (AvgIpc) is 3.45. The Bertz CT molecular complexity index is 1670. The number of hydrogen-bond donors (Lipinski definition) is 7. The molecule has 2 aromatic heterocycles. The number of aromatic amines is 1. The zero-order valence-electron chi connectivity index (χ0n) is 23.5. The number of aromatic nitrogens is 5. The molecule has 4 atom stereocenters. The molecule has 4 aromatic rings. The molecule has 16 heteroatoms. The van der Waals surface area contributed by atoms with Crippen LogP contribution in [0.2, 0.25) is 0 Å². The maximum Gasteiger partial charge on any atom is 0.261 e. The minimum absolute atomic E-state index is 0.0933. The van der Waals surface area contributed by atoms with Crippen LogP contribution in [-0.4, -0.2) is 89.6 Å². The minimum atomic E-state index is -3.84. The van der Waals surface area contributed by atoms with Crippen molar-refractivity contribution in [2.45, 2.75) is 35.9 Å². The van der Waals surface area contributed by atoms with Gasteiger partial charge in [0.1, 0.15) is 0 Å². The molecule has 43 heavy (non-hydrogen) atoms. The van der Waals surface area contributed by atoms with Gasteiger partial charge in [-0.2, -0.15) is 20.1 Å². The van der Waals surface area contributed by atoms with E-state index in [1.165, 1.54) is 12.1 Å². The third-order valence-corrected chi connectivity index (χ3v) is 9.20. The van der Waals surface area contributed by atoms with Crippen molar-refractivity contribution in [3.05, 3.63) is 48.7 Å². The highest BCUT2D eigenvalue weighted by Gasteiger charge is 2.30. The predicted molar refractivity (Wildman–Crippen MR) is 165 cm³/mol. The molecule has 2 aromatic carbocycles. The molecule has 0 unspecified atom stereocenters. The second kappa shape index (κ2) is 11.9. The highest BCUT2D eigenvalue weighted by molar-refractivity contribution is 7.92. The number of aliphatic hydroxyl groups is 1. The van der Waals surface area contributed by atoms with Gasteiger partial charge in [0, 0.05) is 55.3 Å². The summed E-state index contributed by atoms with van der Waals surface area (Å²) in [5.41, 5.74) is 20.1. The van der Waals surface area contributed by atoms with E-state index >= 15 is 0 Å². The molecule has 0 amide bonds. The molecule has 0 saturated carbocycles. The molecule has 4 heterocycles. The van der Waals surface area contributed by atoms with Crippen molar-refractivity contribution in [3.8, 4) is 0 Å². The first-order valence-electron chi connectivity index (χ1n) is 14.1. The number of H-pyrrole nitrogens is 1. The predicted octanol–water partition coefficient (Wildman–Crippen LogP) is 0.303. The Morgan fingerprint density at radius 3 is 2.37 bits per heavy atom. The molecule has 15 nitrogen and oxygen atoms in total. The second-order valence-corrected chi connectivity index (χ2v) is 12.8. The Balaban J connectivity index is 1.24. The van der Waals surface area contributed by atoms with Crippen molar-refractivity contribution in [2.75, 3.05) is 52.6 Å². The van der Waals surface area contributed by atoms with Crippen LogP contribution in [0.5, 0.6) is 0 Å². The van der Waals surface area contributed by atoms with E-state index in [0.717, 1.165) is 10.9 Å². The van der Waals surface area contributed by atoms with Gasteiger partial charge >= 0.3 is 0 Å². The molecule has 2 fully saturated rings. The van der Waals surface area contributed by atoms with Gasteiger partial charge in [0.25, 0.3) is 10.0 Å². The van der Waals surface area contributed by atoms with Crippen LogP contribution in [0.25, 0.3) is 10.9 Å². The Kier molecular flexibility index (Phi) is 8.02. The number of piperidine rings is 2. The molecule has 228 valence electrons. The number of nitrogens with one attached hydrogen (secondary N) is 3. The van der Waals surface area contributed by atoms with Crippen LogP contribution >= 0.6 is 0 Å². The summed E-state index contributed by atoms with van der Waals surface area (Å²) >= 11 is 0. The standard InChI is InChI=1S/C27H36N12O3S/c28-11-17-13-38(8-7-24(17)40)26-33-25(34-27(35-26)39-14-18(29)9-19(30)15-39)32-20-3-5-22(6-4-20)43(41,42)37-21-2-1-16-12-31-36-23(16)10-21/h1-6,10,12,17-19,24,37,40H,7-9,11,13-15,28-30H2,(H,31,36)(H,32,33,34,35)/t17-,18-,19+,24+/m1/s1. The summed E-state index contributed by atoms with van der Waals surface area (Å²) in [6.07, 6.45) is 2.45. The van der Waals surface area contributed by atoms with Crippen molar-refractivity contribution in [1.29, 1.82) is 0 Å². The van der Waals surface area contributed by atoms with E-state index in [-0.39, 0.29) is 28.8 Å². The lowest BCUT2D eigenvalue weighted by atomic mass is 9.95. The van der Waals surface area contributed by atoms with Crippen molar-refractivity contribution < 1.29 is 13.5 Å². The third-order valence-electron chi connectivity index (χ3n) is 7.80. The van der Waals surface area contributed by atoms with Gasteiger partial charge in [-0.1, -0.05) is 0 Å². The Morgan fingerprint density at radius 1 is 0.953 bits per heavy atom. The first-order valence-corrected chi connectivity index (χ1v) is 15.6. The maximum atomic E-state index is 13.1. The lowest BCUT2D eigenvalue weighted by Gasteiger charge is -2.37. The number of nitrogens with zero attached hydrogens (tertiary/aromatic N) is 6. The molecule has 0 spiro atoms. The normalized spacial score (nSPS) is 23.0. The largest absolute Gasteiger partial charge is 0.393 e. The van der Waals surface area contributed by atoms with E-state index in [2.05, 4.69) is 30.2 Å². The van der Waals surface area contributed by atoms with Crippen molar-refractivity contribution >= 4 is 50.1 Å². The van der Waals surface area contributed by atoms with Crippen LogP contribution in [0.4, 0.5) is 29.2 Å². The van der Waals surface area contributed by atoms with Gasteiger partial charge in [-0.3, -0.25) is 9.82 Å². The van der Waals surface area contributed by atoms with Crippen LogP contribution in [0.3, 0.4) is 0 Å². The molecule has 10 N–H and O–H groups in total. The Morgan fingerprint density at radius 2 is 1.65 bits per heavy atom. The number of aliphatic hydroxyl groups excluding tert-OH is 1. The van der Waals surface area contributed by atoms with Crippen molar-refractivity contribution in [1.82, 2.24) is 25.1 Å². The number of anilines is 5. The van der Waals surface area contributed by atoms with Gasteiger partial charge in [0.05, 0.1) is 28.4 Å². The van der Waals surface area contributed by atoms with Crippen LogP contribution in [0.15, 0.2) is 53.6 Å². The fourth-order valence-electron chi connectivity index (χ4n) is 5.53. The molecule has 6 rings (SSSR count). The highest BCUT2D eigenvalue weighted by Crippen LogP contribution is 2.27. The monoisotopic (exact) mass is 608 g/mol. The smallest absolute Gasteiger partial charge is 0.261 e. The summed E-state index contributed by atoms with van der Waals surface area (Å²) < 4.78 is 28.7. The summed E-state index contributed by atoms with van der Waals surface area (Å²) in [5.74, 6) is 1.06. The van der Waals surface area contributed by atoms with Crippen LogP contribution in [-0.2, 0) is 10.0 Å². The fraction of sp³-hybridized carbons (Fsp3) is 0.407. The quantitative estimate of drug-likeness (QED) is 0.143. The van der Waals surface area contributed by atoms with Gasteiger partial charge < -0.3 is 37.4 Å². The van der Waals surface area contributed by atoms with Crippen LogP contribution in [0, 0.1) is 5.92 Å². The number of nitrogens with two attached hydrogens (primary N) is 3. The molecule has 2 aliphatic heterocycles. The SMILES string of the molecule is NC[C@@H]1CN(c2nc(Nc3ccc(S(=O)(=O)Nc4ccc5cn[nH]c5c4)cc3)nc(N3C[C@H](N)C[C@H](N)C3)n2)CC[C@@H]1O. The van der Waals surface area contributed by atoms with Crippen molar-refractivity contribution in [2.24, 2.45) is 23.1 Å². The molecule has 0 radical (unpaired) electrons. The number of sulfonamides is 1. The zero-order valence-corrected chi connectivity index (χ0v) is 24.3. The van der Waals surface area contributed by atoms with E-state index in [4.69, 9.17) is 22.2 Å². The number of benzene rings is 2. The topological polar surface area (TPSA) is 230 Å². The Hall–Kier alpha value is -4.09. The minimum Gasteiger partial charge on any atom is -0.393 e. The summed E-state index contributed by atoms with van der Waals surface area (Å²) in [5, 5.41) is 21.2. The first-order chi connectivity index (χ1) is 20.7. The van der Waals surface area contributed by atoms with Crippen LogP contribution < -0.4 is 37.0 Å². The number of hydrogen-bond acceptors (Lipinski definition) is 13. The zero-order chi connectivity index (χ0) is 30.1. The molecule has 2 aliphatic rings. The fourth-order valence-corrected chi connectivity index (χ4v) is 6.58. The molecular weight excluding hydrogens is 572 g/mol. The Labute approximate surface area is 248 Å².